The molecule has 0 spiro atoms. The van der Waals surface area contributed by atoms with Crippen molar-refractivity contribution in [1.29, 1.82) is 0 Å². The highest BCUT2D eigenvalue weighted by atomic mass is 15.1. The zero-order valence-corrected chi connectivity index (χ0v) is 13.7. The molecule has 0 saturated carbocycles. The summed E-state index contributed by atoms with van der Waals surface area (Å²) in [4.78, 5) is 2.68. The van der Waals surface area contributed by atoms with E-state index in [1.165, 1.54) is 51.7 Å². The number of hydrogen-bond acceptors (Lipinski definition) is 2. The van der Waals surface area contributed by atoms with Crippen LogP contribution in [-0.4, -0.2) is 31.1 Å². The minimum Gasteiger partial charge on any atom is -0.330 e. The number of nitrogens with two attached hydrogens (primary N) is 1. The molecule has 2 heteroatoms. The van der Waals surface area contributed by atoms with Gasteiger partial charge < -0.3 is 10.6 Å². The van der Waals surface area contributed by atoms with Crippen molar-refractivity contribution < 1.29 is 0 Å². The maximum Gasteiger partial charge on any atom is -0.00160 e. The zero-order valence-electron chi connectivity index (χ0n) is 13.7. The first-order valence-electron chi connectivity index (χ1n) is 8.47. The molecule has 1 saturated heterocycles. The van der Waals surface area contributed by atoms with Crippen molar-refractivity contribution in [3.8, 4) is 0 Å². The molecule has 1 atom stereocenters. The Hall–Kier alpha value is -0.0800. The van der Waals surface area contributed by atoms with E-state index < -0.39 is 0 Å². The van der Waals surface area contributed by atoms with Gasteiger partial charge in [-0.2, -0.15) is 0 Å². The van der Waals surface area contributed by atoms with Crippen LogP contribution < -0.4 is 5.73 Å². The number of hydrogen-bond donors (Lipinski definition) is 1. The van der Waals surface area contributed by atoms with Gasteiger partial charge in [-0.1, -0.05) is 27.7 Å². The Morgan fingerprint density at radius 1 is 1.05 bits per heavy atom. The standard InChI is InChI=1S/C17H36N2/c1-14(2)16(7-10-18)6-5-11-19-12-8-17(9-13-19)15(3)4/h14-17H,5-13,18H2,1-4H3. The van der Waals surface area contributed by atoms with E-state index in [0.29, 0.717) is 0 Å². The van der Waals surface area contributed by atoms with Gasteiger partial charge >= 0.3 is 0 Å². The van der Waals surface area contributed by atoms with Gasteiger partial charge in [0.2, 0.25) is 0 Å². The van der Waals surface area contributed by atoms with Gasteiger partial charge in [0.1, 0.15) is 0 Å². The van der Waals surface area contributed by atoms with Crippen LogP contribution in [0.25, 0.3) is 0 Å². The van der Waals surface area contributed by atoms with Crippen molar-refractivity contribution >= 4 is 0 Å². The van der Waals surface area contributed by atoms with Gasteiger partial charge in [-0.05, 0) is 82.0 Å². The summed E-state index contributed by atoms with van der Waals surface area (Å²) in [7, 11) is 0. The Morgan fingerprint density at radius 2 is 1.68 bits per heavy atom. The summed E-state index contributed by atoms with van der Waals surface area (Å²) >= 11 is 0. The third kappa shape index (κ3) is 6.27. The van der Waals surface area contributed by atoms with Crippen molar-refractivity contribution in [2.75, 3.05) is 26.2 Å². The zero-order chi connectivity index (χ0) is 14.3. The lowest BCUT2D eigenvalue weighted by Crippen LogP contribution is -2.36. The molecular formula is C17H36N2. The molecule has 2 nitrogen and oxygen atoms in total. The molecule has 0 aromatic rings. The molecule has 0 aliphatic carbocycles. The topological polar surface area (TPSA) is 29.3 Å². The molecule has 1 aliphatic heterocycles. The van der Waals surface area contributed by atoms with Crippen LogP contribution in [0, 0.1) is 23.7 Å². The van der Waals surface area contributed by atoms with Crippen LogP contribution in [0.15, 0.2) is 0 Å². The van der Waals surface area contributed by atoms with E-state index in [1.807, 2.05) is 0 Å². The van der Waals surface area contributed by atoms with Crippen molar-refractivity contribution in [1.82, 2.24) is 4.90 Å². The maximum absolute atomic E-state index is 5.71. The predicted molar refractivity (Wildman–Crippen MR) is 85.2 cm³/mol. The molecular weight excluding hydrogens is 232 g/mol. The van der Waals surface area contributed by atoms with Crippen LogP contribution >= 0.6 is 0 Å². The molecule has 0 radical (unpaired) electrons. The molecule has 1 rings (SSSR count). The molecule has 1 aliphatic rings. The van der Waals surface area contributed by atoms with Gasteiger partial charge in [-0.25, -0.2) is 0 Å². The first kappa shape index (κ1) is 17.0. The second-order valence-electron chi connectivity index (χ2n) is 7.15. The number of nitrogens with zero attached hydrogens (tertiary/aromatic N) is 1. The molecule has 0 amide bonds. The molecule has 1 unspecified atom stereocenters. The van der Waals surface area contributed by atoms with Gasteiger partial charge in [0.25, 0.3) is 0 Å². The van der Waals surface area contributed by atoms with Gasteiger partial charge in [-0.3, -0.25) is 0 Å². The first-order valence-corrected chi connectivity index (χ1v) is 8.47. The van der Waals surface area contributed by atoms with Crippen molar-refractivity contribution in [2.24, 2.45) is 29.4 Å². The largest absolute Gasteiger partial charge is 0.330 e. The number of likely N-dealkylation sites (tertiary alicyclic amines) is 1. The highest BCUT2D eigenvalue weighted by molar-refractivity contribution is 4.74. The molecule has 114 valence electrons. The fourth-order valence-electron chi connectivity index (χ4n) is 3.45. The molecule has 19 heavy (non-hydrogen) atoms. The van der Waals surface area contributed by atoms with Crippen molar-refractivity contribution in [3.63, 3.8) is 0 Å². The van der Waals surface area contributed by atoms with E-state index in [4.69, 9.17) is 5.73 Å². The van der Waals surface area contributed by atoms with E-state index in [-0.39, 0.29) is 0 Å². The predicted octanol–water partition coefficient (Wildman–Crippen LogP) is 3.76. The summed E-state index contributed by atoms with van der Waals surface area (Å²) in [6, 6.07) is 0. The average Bonchev–Trinajstić information content (AvgIpc) is 2.38. The quantitative estimate of drug-likeness (QED) is 0.726. The Labute approximate surface area is 121 Å². The van der Waals surface area contributed by atoms with Gasteiger partial charge in [-0.15, -0.1) is 0 Å². The third-order valence-corrected chi connectivity index (χ3v) is 5.10. The van der Waals surface area contributed by atoms with E-state index in [9.17, 15) is 0 Å². The summed E-state index contributed by atoms with van der Waals surface area (Å²) in [5, 5.41) is 0. The van der Waals surface area contributed by atoms with Gasteiger partial charge in [0.05, 0.1) is 0 Å². The van der Waals surface area contributed by atoms with E-state index in [1.54, 1.807) is 0 Å². The van der Waals surface area contributed by atoms with Crippen molar-refractivity contribution in [2.45, 2.75) is 59.8 Å². The molecule has 0 bridgehead atoms. The van der Waals surface area contributed by atoms with Gasteiger partial charge in [0.15, 0.2) is 0 Å². The monoisotopic (exact) mass is 268 g/mol. The lowest BCUT2D eigenvalue weighted by molar-refractivity contribution is 0.152. The smallest absolute Gasteiger partial charge is 0.00160 e. The molecule has 1 heterocycles. The Bertz CT molecular complexity index is 217. The Kier molecular flexibility index (Phi) is 8.01. The van der Waals surface area contributed by atoms with Crippen LogP contribution in [0.5, 0.6) is 0 Å². The van der Waals surface area contributed by atoms with Crippen LogP contribution in [0.4, 0.5) is 0 Å². The Morgan fingerprint density at radius 3 is 2.16 bits per heavy atom. The minimum atomic E-state index is 0.787. The van der Waals surface area contributed by atoms with E-state index in [0.717, 1.165) is 30.2 Å². The van der Waals surface area contributed by atoms with Crippen LogP contribution in [0.1, 0.15) is 59.8 Å². The van der Waals surface area contributed by atoms with Crippen molar-refractivity contribution in [3.05, 3.63) is 0 Å². The lowest BCUT2D eigenvalue weighted by atomic mass is 9.86. The van der Waals surface area contributed by atoms with E-state index in [2.05, 4.69) is 32.6 Å². The number of piperidine rings is 1. The number of rotatable bonds is 8. The fourth-order valence-corrected chi connectivity index (χ4v) is 3.45. The minimum absolute atomic E-state index is 0.787. The molecule has 2 N–H and O–H groups in total. The summed E-state index contributed by atoms with van der Waals surface area (Å²) in [6.45, 7) is 14.2. The molecule has 1 fully saturated rings. The van der Waals surface area contributed by atoms with Crippen LogP contribution in [0.2, 0.25) is 0 Å². The third-order valence-electron chi connectivity index (χ3n) is 5.10. The maximum atomic E-state index is 5.71. The van der Waals surface area contributed by atoms with E-state index >= 15 is 0 Å². The highest BCUT2D eigenvalue weighted by Crippen LogP contribution is 2.25. The van der Waals surface area contributed by atoms with Gasteiger partial charge in [0, 0.05) is 0 Å². The normalized spacial score (nSPS) is 20.4. The molecule has 0 aromatic heterocycles. The Balaban J connectivity index is 2.16. The summed E-state index contributed by atoms with van der Waals surface area (Å²) < 4.78 is 0. The van der Waals surface area contributed by atoms with Crippen LogP contribution in [-0.2, 0) is 0 Å². The second-order valence-corrected chi connectivity index (χ2v) is 7.15. The average molecular weight is 268 g/mol. The fraction of sp³-hybridized carbons (Fsp3) is 1.00. The first-order chi connectivity index (χ1) is 9.04. The highest BCUT2D eigenvalue weighted by Gasteiger charge is 2.21. The summed E-state index contributed by atoms with van der Waals surface area (Å²) in [5.41, 5.74) is 5.71. The van der Waals surface area contributed by atoms with Crippen LogP contribution in [0.3, 0.4) is 0 Å². The summed E-state index contributed by atoms with van der Waals surface area (Å²) in [5.74, 6) is 3.46. The second kappa shape index (κ2) is 8.97. The summed E-state index contributed by atoms with van der Waals surface area (Å²) in [6.07, 6.45) is 6.74. The SMILES string of the molecule is CC(C)C(CCN)CCCN1CCC(C(C)C)CC1. The molecule has 0 aromatic carbocycles. The lowest BCUT2D eigenvalue weighted by Gasteiger charge is -2.34.